The molecule has 6 heteroatoms. The van der Waals surface area contributed by atoms with Gasteiger partial charge in [-0.05, 0) is 55.5 Å². The molecule has 1 heterocycles. The second-order valence-corrected chi connectivity index (χ2v) is 8.81. The third kappa shape index (κ3) is 6.19. The minimum absolute atomic E-state index is 0.156. The molecule has 0 atom stereocenters. The monoisotopic (exact) mass is 461 g/mol. The zero-order chi connectivity index (χ0) is 19.1. The van der Waals surface area contributed by atoms with Crippen molar-refractivity contribution in [2.75, 3.05) is 6.61 Å². The molecule has 1 amide bonds. The van der Waals surface area contributed by atoms with Crippen LogP contribution in [0.4, 0.5) is 0 Å². The number of rotatable bonds is 8. The Bertz CT molecular complexity index is 853. The smallest absolute Gasteiger partial charge is 0.263 e. The van der Waals surface area contributed by atoms with Gasteiger partial charge in [0.2, 0.25) is 0 Å². The van der Waals surface area contributed by atoms with Crippen LogP contribution in [0.15, 0.2) is 57.9 Å². The maximum Gasteiger partial charge on any atom is 0.263 e. The number of halogens is 1. The average molecular weight is 462 g/mol. The summed E-state index contributed by atoms with van der Waals surface area (Å²) in [4.78, 5) is 12.5. The predicted octanol–water partition coefficient (Wildman–Crippen LogP) is 5.73. The molecule has 1 fully saturated rings. The van der Waals surface area contributed by atoms with Crippen molar-refractivity contribution in [3.63, 3.8) is 0 Å². The summed E-state index contributed by atoms with van der Waals surface area (Å²) in [5.74, 6) is 0.622. The van der Waals surface area contributed by atoms with Crippen LogP contribution in [-0.2, 0) is 11.2 Å². The van der Waals surface area contributed by atoms with E-state index in [0.29, 0.717) is 15.8 Å². The fourth-order valence-corrected chi connectivity index (χ4v) is 4.17. The molecule has 0 unspecified atom stereocenters. The van der Waals surface area contributed by atoms with E-state index in [4.69, 9.17) is 17.0 Å². The molecule has 3 nitrogen and oxygen atoms in total. The van der Waals surface area contributed by atoms with Crippen molar-refractivity contribution in [2.45, 2.75) is 25.7 Å². The van der Waals surface area contributed by atoms with E-state index in [1.807, 2.05) is 30.3 Å². The zero-order valence-electron chi connectivity index (χ0n) is 14.7. The fraction of sp³-hybridized carbons (Fsp3) is 0.238. The topological polar surface area (TPSA) is 38.3 Å². The zero-order valence-corrected chi connectivity index (χ0v) is 18.0. The van der Waals surface area contributed by atoms with Crippen LogP contribution in [0.1, 0.15) is 30.4 Å². The lowest BCUT2D eigenvalue weighted by Gasteiger charge is -2.10. The molecule has 3 rings (SSSR count). The summed E-state index contributed by atoms with van der Waals surface area (Å²) in [6, 6.07) is 16.4. The molecule has 0 bridgehead atoms. The van der Waals surface area contributed by atoms with E-state index in [1.54, 1.807) is 0 Å². The van der Waals surface area contributed by atoms with E-state index in [0.717, 1.165) is 41.5 Å². The molecule has 0 spiro atoms. The molecule has 0 radical (unpaired) electrons. The van der Waals surface area contributed by atoms with Crippen LogP contribution < -0.4 is 10.1 Å². The minimum Gasteiger partial charge on any atom is -0.493 e. The minimum atomic E-state index is -0.156. The Morgan fingerprint density at radius 3 is 2.67 bits per heavy atom. The van der Waals surface area contributed by atoms with Gasteiger partial charge in [0.05, 0.1) is 11.5 Å². The van der Waals surface area contributed by atoms with Gasteiger partial charge >= 0.3 is 0 Å². The summed E-state index contributed by atoms with van der Waals surface area (Å²) in [6.07, 6.45) is 6.20. The Balaban J connectivity index is 1.52. The molecule has 1 aliphatic rings. The summed E-state index contributed by atoms with van der Waals surface area (Å²) in [6.45, 7) is 0.657. The number of unbranched alkanes of at least 4 members (excludes halogenated alkanes) is 2. The van der Waals surface area contributed by atoms with Gasteiger partial charge in [-0.1, -0.05) is 70.2 Å². The number of amides is 1. The number of ether oxygens (including phenoxy) is 1. The Kier molecular flexibility index (Phi) is 7.50. The number of thiocarbonyl (C=S) groups is 1. The van der Waals surface area contributed by atoms with Gasteiger partial charge < -0.3 is 10.1 Å². The molecule has 1 saturated heterocycles. The molecule has 140 valence electrons. The molecular formula is C21H20BrNO2S2. The van der Waals surface area contributed by atoms with E-state index in [1.165, 1.54) is 17.3 Å². The molecule has 1 aliphatic heterocycles. The van der Waals surface area contributed by atoms with E-state index in [-0.39, 0.29) is 5.91 Å². The summed E-state index contributed by atoms with van der Waals surface area (Å²) in [5, 5.41) is 2.64. The number of benzene rings is 2. The highest BCUT2D eigenvalue weighted by atomic mass is 79.9. The number of carbonyl (C=O) groups is 1. The SMILES string of the molecule is O=C1NC(=S)S/C1=C\c1cc(Br)ccc1OCCCCCc1ccccc1. The third-order valence-corrected chi connectivity index (χ3v) is 5.77. The van der Waals surface area contributed by atoms with Gasteiger partial charge in [-0.2, -0.15) is 0 Å². The van der Waals surface area contributed by atoms with Gasteiger partial charge in [-0.15, -0.1) is 0 Å². The van der Waals surface area contributed by atoms with Crippen LogP contribution >= 0.6 is 39.9 Å². The van der Waals surface area contributed by atoms with E-state index in [9.17, 15) is 4.79 Å². The molecule has 2 aromatic carbocycles. The van der Waals surface area contributed by atoms with E-state index in [2.05, 4.69) is 45.5 Å². The van der Waals surface area contributed by atoms with Crippen molar-refractivity contribution < 1.29 is 9.53 Å². The lowest BCUT2D eigenvalue weighted by atomic mass is 10.1. The standard InChI is InChI=1S/C21H20BrNO2S2/c22-17-10-11-18(16(13-17)14-19-20(24)23-21(26)27-19)25-12-6-2-5-9-15-7-3-1-4-8-15/h1,3-4,7-8,10-11,13-14H,2,5-6,9,12H2,(H,23,24,26)/b19-14-. The largest absolute Gasteiger partial charge is 0.493 e. The predicted molar refractivity (Wildman–Crippen MR) is 120 cm³/mol. The van der Waals surface area contributed by atoms with Gasteiger partial charge in [-0.25, -0.2) is 0 Å². The van der Waals surface area contributed by atoms with Crippen molar-refractivity contribution in [2.24, 2.45) is 0 Å². The van der Waals surface area contributed by atoms with Crippen LogP contribution in [0.5, 0.6) is 5.75 Å². The quantitative estimate of drug-likeness (QED) is 0.309. The second kappa shape index (κ2) is 10.1. The first-order chi connectivity index (χ1) is 13.1. The van der Waals surface area contributed by atoms with Gasteiger partial charge in [0.25, 0.3) is 5.91 Å². The van der Waals surface area contributed by atoms with Crippen molar-refractivity contribution in [1.82, 2.24) is 5.32 Å². The van der Waals surface area contributed by atoms with Crippen molar-refractivity contribution in [3.8, 4) is 5.75 Å². The highest BCUT2D eigenvalue weighted by molar-refractivity contribution is 9.10. The number of hydrogen-bond donors (Lipinski definition) is 1. The lowest BCUT2D eigenvalue weighted by Crippen LogP contribution is -2.17. The average Bonchev–Trinajstić information content (AvgIpc) is 2.97. The molecule has 2 aromatic rings. The fourth-order valence-electron chi connectivity index (χ4n) is 2.76. The molecule has 0 aliphatic carbocycles. The summed E-state index contributed by atoms with van der Waals surface area (Å²) >= 11 is 9.80. The van der Waals surface area contributed by atoms with Crippen LogP contribution in [0.2, 0.25) is 0 Å². The van der Waals surface area contributed by atoms with Gasteiger partial charge in [0.1, 0.15) is 10.1 Å². The molecule has 1 N–H and O–H groups in total. The first-order valence-electron chi connectivity index (χ1n) is 8.83. The number of nitrogens with one attached hydrogen (secondary N) is 1. The van der Waals surface area contributed by atoms with Crippen molar-refractivity contribution in [3.05, 3.63) is 69.0 Å². The highest BCUT2D eigenvalue weighted by Gasteiger charge is 2.22. The van der Waals surface area contributed by atoms with Gasteiger partial charge in [0, 0.05) is 10.0 Å². The Labute approximate surface area is 177 Å². The van der Waals surface area contributed by atoms with Crippen LogP contribution in [-0.4, -0.2) is 16.8 Å². The second-order valence-electron chi connectivity index (χ2n) is 6.18. The van der Waals surface area contributed by atoms with Crippen molar-refractivity contribution in [1.29, 1.82) is 0 Å². The van der Waals surface area contributed by atoms with E-state index < -0.39 is 0 Å². The Morgan fingerprint density at radius 1 is 1.11 bits per heavy atom. The molecule has 27 heavy (non-hydrogen) atoms. The maximum atomic E-state index is 11.9. The van der Waals surface area contributed by atoms with Gasteiger partial charge in [0.15, 0.2) is 0 Å². The first kappa shape index (κ1) is 20.1. The summed E-state index contributed by atoms with van der Waals surface area (Å²) < 4.78 is 7.41. The van der Waals surface area contributed by atoms with Crippen LogP contribution in [0.3, 0.4) is 0 Å². The number of aryl methyl sites for hydroxylation is 1. The Hall–Kier alpha value is -1.63. The molecule has 0 saturated carbocycles. The third-order valence-electron chi connectivity index (χ3n) is 4.11. The maximum absolute atomic E-state index is 11.9. The normalized spacial score (nSPS) is 15.2. The number of carbonyl (C=O) groups excluding carboxylic acids is 1. The van der Waals surface area contributed by atoms with Crippen molar-refractivity contribution >= 4 is 56.2 Å². The number of thioether (sulfide) groups is 1. The van der Waals surface area contributed by atoms with Gasteiger partial charge in [-0.3, -0.25) is 4.79 Å². The first-order valence-corrected chi connectivity index (χ1v) is 10.8. The summed E-state index contributed by atoms with van der Waals surface area (Å²) in [5.41, 5.74) is 2.25. The molecular weight excluding hydrogens is 442 g/mol. The van der Waals surface area contributed by atoms with Crippen LogP contribution in [0.25, 0.3) is 6.08 Å². The van der Waals surface area contributed by atoms with E-state index >= 15 is 0 Å². The number of hydrogen-bond acceptors (Lipinski definition) is 4. The Morgan fingerprint density at radius 2 is 1.93 bits per heavy atom. The molecule has 0 aromatic heterocycles. The lowest BCUT2D eigenvalue weighted by molar-refractivity contribution is -0.115. The highest BCUT2D eigenvalue weighted by Crippen LogP contribution is 2.31. The van der Waals surface area contributed by atoms with Crippen LogP contribution in [0, 0.1) is 0 Å². The summed E-state index contributed by atoms with van der Waals surface area (Å²) in [7, 11) is 0.